The van der Waals surface area contributed by atoms with Crippen molar-refractivity contribution in [1.82, 2.24) is 5.32 Å². The van der Waals surface area contributed by atoms with Gasteiger partial charge in [-0.1, -0.05) is 50.9 Å². The van der Waals surface area contributed by atoms with E-state index < -0.39 is 0 Å². The molecule has 0 radical (unpaired) electrons. The van der Waals surface area contributed by atoms with Crippen LogP contribution in [0.5, 0.6) is 0 Å². The number of nitrogens with one attached hydrogen (secondary N) is 1. The summed E-state index contributed by atoms with van der Waals surface area (Å²) in [5.74, 6) is 0.549. The first-order valence-corrected chi connectivity index (χ1v) is 8.05. The van der Waals surface area contributed by atoms with E-state index in [0.717, 1.165) is 31.1 Å². The summed E-state index contributed by atoms with van der Waals surface area (Å²) in [5, 5.41) is 4.55. The van der Waals surface area contributed by atoms with E-state index in [4.69, 9.17) is 16.3 Å². The van der Waals surface area contributed by atoms with Crippen LogP contribution in [0.1, 0.15) is 52.1 Å². The molecule has 0 aliphatic carbocycles. The molecule has 1 aromatic carbocycles. The van der Waals surface area contributed by atoms with Crippen molar-refractivity contribution in [1.29, 1.82) is 0 Å². The van der Waals surface area contributed by atoms with Gasteiger partial charge in [0.2, 0.25) is 0 Å². The zero-order valence-corrected chi connectivity index (χ0v) is 13.9. The average molecular weight is 298 g/mol. The first-order chi connectivity index (χ1) is 9.58. The van der Waals surface area contributed by atoms with Gasteiger partial charge in [-0.25, -0.2) is 0 Å². The first kappa shape index (κ1) is 17.5. The van der Waals surface area contributed by atoms with E-state index in [0.29, 0.717) is 18.0 Å². The highest BCUT2D eigenvalue weighted by molar-refractivity contribution is 6.30. The van der Waals surface area contributed by atoms with Crippen molar-refractivity contribution in [3.05, 3.63) is 34.9 Å². The summed E-state index contributed by atoms with van der Waals surface area (Å²) in [7, 11) is 0. The lowest BCUT2D eigenvalue weighted by Crippen LogP contribution is -2.40. The smallest absolute Gasteiger partial charge is 0.0622 e. The van der Waals surface area contributed by atoms with Gasteiger partial charge in [-0.05, 0) is 37.0 Å². The largest absolute Gasteiger partial charge is 0.380 e. The molecular formula is C17H28ClNO. The average Bonchev–Trinajstić information content (AvgIpc) is 2.43. The van der Waals surface area contributed by atoms with Crippen LogP contribution in [0, 0.1) is 5.92 Å². The lowest BCUT2D eigenvalue weighted by molar-refractivity contribution is 0.102. The quantitative estimate of drug-likeness (QED) is 0.705. The van der Waals surface area contributed by atoms with Crippen LogP contribution < -0.4 is 5.32 Å². The molecule has 0 aliphatic rings. The number of hydrogen-bond donors (Lipinski definition) is 1. The van der Waals surface area contributed by atoms with Gasteiger partial charge in [0, 0.05) is 23.7 Å². The molecule has 1 N–H and O–H groups in total. The fourth-order valence-corrected chi connectivity index (χ4v) is 2.39. The molecule has 0 spiro atoms. The Hall–Kier alpha value is -0.570. The minimum Gasteiger partial charge on any atom is -0.380 e. The summed E-state index contributed by atoms with van der Waals surface area (Å²) in [5.41, 5.74) is 1.30. The molecular weight excluding hydrogens is 270 g/mol. The van der Waals surface area contributed by atoms with Crippen LogP contribution in [0.15, 0.2) is 24.3 Å². The van der Waals surface area contributed by atoms with Crippen molar-refractivity contribution < 1.29 is 4.74 Å². The molecule has 0 saturated heterocycles. The fraction of sp³-hybridized carbons (Fsp3) is 0.647. The summed E-state index contributed by atoms with van der Waals surface area (Å²) in [6, 6.07) is 8.91. The Bertz CT molecular complexity index is 364. The van der Waals surface area contributed by atoms with E-state index in [1.807, 2.05) is 19.1 Å². The van der Waals surface area contributed by atoms with Gasteiger partial charge in [0.1, 0.15) is 0 Å². The summed E-state index contributed by atoms with van der Waals surface area (Å²) in [4.78, 5) is 0. The lowest BCUT2D eigenvalue weighted by Gasteiger charge is -2.28. The maximum atomic E-state index is 5.98. The van der Waals surface area contributed by atoms with E-state index in [2.05, 4.69) is 38.2 Å². The zero-order chi connectivity index (χ0) is 15.0. The molecule has 1 rings (SSSR count). The van der Waals surface area contributed by atoms with E-state index in [-0.39, 0.29) is 0 Å². The van der Waals surface area contributed by atoms with Crippen LogP contribution in [0.2, 0.25) is 5.02 Å². The second-order valence-corrected chi connectivity index (χ2v) is 6.01. The topological polar surface area (TPSA) is 21.3 Å². The monoisotopic (exact) mass is 297 g/mol. The van der Waals surface area contributed by atoms with Crippen molar-refractivity contribution in [2.45, 2.75) is 52.6 Å². The van der Waals surface area contributed by atoms with Gasteiger partial charge in [-0.3, -0.25) is 0 Å². The molecule has 0 saturated carbocycles. The molecule has 0 aliphatic heterocycles. The fourth-order valence-electron chi connectivity index (χ4n) is 2.27. The van der Waals surface area contributed by atoms with Crippen LogP contribution in [-0.4, -0.2) is 19.3 Å². The molecule has 114 valence electrons. The van der Waals surface area contributed by atoms with E-state index in [9.17, 15) is 0 Å². The Morgan fingerprint density at radius 1 is 1.15 bits per heavy atom. The van der Waals surface area contributed by atoms with Crippen molar-refractivity contribution in [3.63, 3.8) is 0 Å². The normalized spacial score (nSPS) is 14.5. The number of benzene rings is 1. The molecule has 0 heterocycles. The second-order valence-electron chi connectivity index (χ2n) is 5.57. The number of ether oxygens (including phenoxy) is 1. The third kappa shape index (κ3) is 5.82. The molecule has 0 bridgehead atoms. The summed E-state index contributed by atoms with van der Waals surface area (Å²) >= 11 is 5.98. The second kappa shape index (κ2) is 9.38. The van der Waals surface area contributed by atoms with Gasteiger partial charge in [-0.15, -0.1) is 0 Å². The highest BCUT2D eigenvalue weighted by Gasteiger charge is 2.19. The lowest BCUT2D eigenvalue weighted by atomic mass is 9.98. The van der Waals surface area contributed by atoms with Gasteiger partial charge in [0.15, 0.2) is 0 Å². The number of hydrogen-bond acceptors (Lipinski definition) is 2. The third-order valence-corrected chi connectivity index (χ3v) is 3.82. The van der Waals surface area contributed by atoms with Crippen molar-refractivity contribution >= 4 is 11.6 Å². The van der Waals surface area contributed by atoms with E-state index in [1.165, 1.54) is 5.56 Å². The molecule has 0 fully saturated rings. The minimum absolute atomic E-state index is 0.366. The Morgan fingerprint density at radius 2 is 1.80 bits per heavy atom. The molecule has 1 aromatic rings. The molecule has 2 unspecified atom stereocenters. The molecule has 20 heavy (non-hydrogen) atoms. The molecule has 0 aromatic heterocycles. The van der Waals surface area contributed by atoms with Gasteiger partial charge in [0.25, 0.3) is 0 Å². The van der Waals surface area contributed by atoms with Crippen LogP contribution in [0.25, 0.3) is 0 Å². The minimum atomic E-state index is 0.366. The van der Waals surface area contributed by atoms with E-state index in [1.54, 1.807) is 0 Å². The van der Waals surface area contributed by atoms with Crippen LogP contribution in [-0.2, 0) is 4.74 Å². The van der Waals surface area contributed by atoms with Gasteiger partial charge < -0.3 is 10.1 Å². The number of halogens is 1. The molecule has 2 nitrogen and oxygen atoms in total. The molecule has 3 heteroatoms. The standard InChI is InChI=1S/C17H28ClNO/c1-5-7-16(14-8-10-15(18)11-9-14)19-17(13(3)4)12-20-6-2/h8-11,13,16-17,19H,5-7,12H2,1-4H3. The van der Waals surface area contributed by atoms with Crippen LogP contribution in [0.4, 0.5) is 0 Å². The van der Waals surface area contributed by atoms with Crippen LogP contribution >= 0.6 is 11.6 Å². The van der Waals surface area contributed by atoms with Gasteiger partial charge in [0.05, 0.1) is 6.61 Å². The van der Waals surface area contributed by atoms with Gasteiger partial charge >= 0.3 is 0 Å². The van der Waals surface area contributed by atoms with Crippen molar-refractivity contribution in [2.24, 2.45) is 5.92 Å². The molecule has 2 atom stereocenters. The first-order valence-electron chi connectivity index (χ1n) is 7.67. The molecule has 0 amide bonds. The van der Waals surface area contributed by atoms with Crippen molar-refractivity contribution in [3.8, 4) is 0 Å². The summed E-state index contributed by atoms with van der Waals surface area (Å²) in [6.07, 6.45) is 2.27. The highest BCUT2D eigenvalue weighted by Crippen LogP contribution is 2.22. The van der Waals surface area contributed by atoms with Crippen molar-refractivity contribution in [2.75, 3.05) is 13.2 Å². The van der Waals surface area contributed by atoms with Crippen LogP contribution in [0.3, 0.4) is 0 Å². The summed E-state index contributed by atoms with van der Waals surface area (Å²) < 4.78 is 5.61. The maximum Gasteiger partial charge on any atom is 0.0622 e. The Morgan fingerprint density at radius 3 is 2.30 bits per heavy atom. The summed E-state index contributed by atoms with van der Waals surface area (Å²) in [6.45, 7) is 10.3. The van der Waals surface area contributed by atoms with Gasteiger partial charge in [-0.2, -0.15) is 0 Å². The number of rotatable bonds is 9. The highest BCUT2D eigenvalue weighted by atomic mass is 35.5. The Kier molecular flexibility index (Phi) is 8.20. The maximum absolute atomic E-state index is 5.98. The predicted octanol–water partition coefficient (Wildman–Crippen LogP) is 4.83. The Labute approximate surface area is 128 Å². The van der Waals surface area contributed by atoms with E-state index >= 15 is 0 Å². The predicted molar refractivity (Wildman–Crippen MR) is 87.4 cm³/mol. The third-order valence-electron chi connectivity index (χ3n) is 3.57. The SMILES string of the molecule is CCCC(NC(COCC)C(C)C)c1ccc(Cl)cc1. The Balaban J connectivity index is 2.75. The zero-order valence-electron chi connectivity index (χ0n) is 13.2.